The lowest BCUT2D eigenvalue weighted by Gasteiger charge is -2.27. The van der Waals surface area contributed by atoms with Crippen LogP contribution in [0.5, 0.6) is 0 Å². The molecule has 1 unspecified atom stereocenters. The second-order valence-electron chi connectivity index (χ2n) is 4.31. The maximum absolute atomic E-state index is 13.0. The largest absolute Gasteiger partial charge is 0.480 e. The molecule has 0 amide bonds. The third-order valence-corrected chi connectivity index (χ3v) is 4.71. The zero-order valence-corrected chi connectivity index (χ0v) is 12.9. The molecular formula is C11H18F3NO6S. The zero-order valence-electron chi connectivity index (χ0n) is 12.1. The molecule has 0 aliphatic rings. The summed E-state index contributed by atoms with van der Waals surface area (Å²) in [7, 11) is -5.06. The van der Waals surface area contributed by atoms with Gasteiger partial charge in [-0.15, -0.1) is 0 Å². The van der Waals surface area contributed by atoms with Gasteiger partial charge in [0.2, 0.25) is 10.0 Å². The Hall–Kier alpha value is -1.36. The molecule has 0 spiro atoms. The van der Waals surface area contributed by atoms with Gasteiger partial charge in [-0.2, -0.15) is 17.5 Å². The van der Waals surface area contributed by atoms with Crippen LogP contribution >= 0.6 is 0 Å². The highest BCUT2D eigenvalue weighted by atomic mass is 32.2. The smallest absolute Gasteiger partial charge is 0.407 e. The zero-order chi connectivity index (χ0) is 17.6. The van der Waals surface area contributed by atoms with Crippen LogP contribution in [0.4, 0.5) is 13.2 Å². The fourth-order valence-electron chi connectivity index (χ4n) is 1.64. The van der Waals surface area contributed by atoms with Crippen LogP contribution in [0.3, 0.4) is 0 Å². The monoisotopic (exact) mass is 349 g/mol. The van der Waals surface area contributed by atoms with Gasteiger partial charge >= 0.3 is 18.1 Å². The van der Waals surface area contributed by atoms with Crippen molar-refractivity contribution >= 4 is 22.0 Å². The molecule has 0 aliphatic heterocycles. The second-order valence-corrected chi connectivity index (χ2v) is 6.43. The molecule has 0 saturated heterocycles. The van der Waals surface area contributed by atoms with E-state index >= 15 is 0 Å². The lowest BCUT2D eigenvalue weighted by molar-refractivity contribution is -0.155. The summed E-state index contributed by atoms with van der Waals surface area (Å²) in [5.74, 6) is -2.91. The van der Waals surface area contributed by atoms with Gasteiger partial charge in [0.1, 0.15) is 6.54 Å². The van der Waals surface area contributed by atoms with E-state index in [0.29, 0.717) is 0 Å². The van der Waals surface area contributed by atoms with E-state index < -0.39 is 52.9 Å². The summed E-state index contributed by atoms with van der Waals surface area (Å²) >= 11 is 0. The van der Waals surface area contributed by atoms with Gasteiger partial charge in [0.05, 0.1) is 13.0 Å². The first-order valence-electron chi connectivity index (χ1n) is 6.39. The minimum Gasteiger partial charge on any atom is -0.480 e. The molecule has 0 radical (unpaired) electrons. The lowest BCUT2D eigenvalue weighted by Crippen LogP contribution is -2.49. The third-order valence-electron chi connectivity index (χ3n) is 2.53. The lowest BCUT2D eigenvalue weighted by atomic mass is 10.3. The number of esters is 1. The molecule has 22 heavy (non-hydrogen) atoms. The predicted octanol–water partition coefficient (Wildman–Crippen LogP) is 0.997. The Kier molecular flexibility index (Phi) is 7.81. The molecule has 0 rings (SSSR count). The number of alkyl halides is 3. The van der Waals surface area contributed by atoms with Crippen molar-refractivity contribution in [2.45, 2.75) is 38.1 Å². The maximum Gasteiger partial charge on any atom is 0.407 e. The number of hydrogen-bond acceptors (Lipinski definition) is 5. The highest BCUT2D eigenvalue weighted by molar-refractivity contribution is 7.89. The van der Waals surface area contributed by atoms with E-state index in [0.717, 1.165) is 0 Å². The van der Waals surface area contributed by atoms with Crippen molar-refractivity contribution in [3.05, 3.63) is 0 Å². The number of carboxylic acids is 1. The van der Waals surface area contributed by atoms with Crippen molar-refractivity contribution in [3.8, 4) is 0 Å². The van der Waals surface area contributed by atoms with Crippen LogP contribution in [-0.4, -0.2) is 60.9 Å². The van der Waals surface area contributed by atoms with E-state index in [4.69, 9.17) is 5.11 Å². The van der Waals surface area contributed by atoms with Gasteiger partial charge < -0.3 is 9.84 Å². The summed E-state index contributed by atoms with van der Waals surface area (Å²) in [4.78, 5) is 21.9. The molecule has 11 heteroatoms. The average Bonchev–Trinajstić information content (AvgIpc) is 2.33. The van der Waals surface area contributed by atoms with Crippen LogP contribution in [0.2, 0.25) is 0 Å². The van der Waals surface area contributed by atoms with Crippen molar-refractivity contribution in [2.24, 2.45) is 0 Å². The number of carbonyl (C=O) groups excluding carboxylic acids is 1. The Morgan fingerprint density at radius 2 is 1.82 bits per heavy atom. The van der Waals surface area contributed by atoms with E-state index in [-0.39, 0.29) is 17.3 Å². The Morgan fingerprint density at radius 3 is 2.18 bits per heavy atom. The highest BCUT2D eigenvalue weighted by Crippen LogP contribution is 2.31. The van der Waals surface area contributed by atoms with E-state index in [2.05, 4.69) is 4.74 Å². The molecule has 0 heterocycles. The van der Waals surface area contributed by atoms with E-state index in [1.807, 2.05) is 0 Å². The topological polar surface area (TPSA) is 101 Å². The fraction of sp³-hybridized carbons (Fsp3) is 0.818. The Labute approximate surface area is 126 Å². The number of aliphatic carboxylic acids is 1. The predicted molar refractivity (Wildman–Crippen MR) is 69.5 cm³/mol. The number of nitrogens with zero attached hydrogens (tertiary/aromatic N) is 1. The van der Waals surface area contributed by atoms with Gasteiger partial charge in [0.15, 0.2) is 5.25 Å². The number of carboxylic acid groups (broad SMARTS) is 1. The highest BCUT2D eigenvalue weighted by Gasteiger charge is 2.52. The van der Waals surface area contributed by atoms with Crippen molar-refractivity contribution in [1.29, 1.82) is 0 Å². The molecular weight excluding hydrogens is 331 g/mol. The average molecular weight is 349 g/mol. The van der Waals surface area contributed by atoms with Gasteiger partial charge in [-0.05, 0) is 13.3 Å². The molecule has 0 fully saturated rings. The summed E-state index contributed by atoms with van der Waals surface area (Å²) < 4.78 is 67.7. The van der Waals surface area contributed by atoms with Gasteiger partial charge in [0, 0.05) is 6.54 Å². The summed E-state index contributed by atoms with van der Waals surface area (Å²) in [5, 5.41) is 5.61. The van der Waals surface area contributed by atoms with Crippen molar-refractivity contribution < 1.29 is 41.0 Å². The van der Waals surface area contributed by atoms with Crippen LogP contribution in [-0.2, 0) is 24.3 Å². The van der Waals surface area contributed by atoms with E-state index in [1.165, 1.54) is 13.8 Å². The van der Waals surface area contributed by atoms with E-state index in [9.17, 15) is 31.2 Å². The maximum atomic E-state index is 13.0. The summed E-state index contributed by atoms with van der Waals surface area (Å²) in [6, 6.07) is 0. The van der Waals surface area contributed by atoms with Crippen molar-refractivity contribution in [2.75, 3.05) is 19.7 Å². The van der Waals surface area contributed by atoms with Gasteiger partial charge in [-0.1, -0.05) is 6.92 Å². The molecule has 0 aromatic rings. The first-order valence-corrected chi connectivity index (χ1v) is 7.90. The van der Waals surface area contributed by atoms with Crippen LogP contribution < -0.4 is 0 Å². The Morgan fingerprint density at radius 1 is 1.27 bits per heavy atom. The van der Waals surface area contributed by atoms with Crippen LogP contribution in [0.1, 0.15) is 26.7 Å². The first kappa shape index (κ1) is 20.6. The van der Waals surface area contributed by atoms with Crippen LogP contribution in [0.15, 0.2) is 0 Å². The van der Waals surface area contributed by atoms with Crippen LogP contribution in [0.25, 0.3) is 0 Å². The van der Waals surface area contributed by atoms with Gasteiger partial charge in [-0.25, -0.2) is 8.42 Å². The number of hydrogen-bond donors (Lipinski definition) is 1. The molecule has 0 saturated carbocycles. The Bertz CT molecular complexity index is 491. The molecule has 7 nitrogen and oxygen atoms in total. The molecule has 0 aromatic carbocycles. The molecule has 0 aromatic heterocycles. The van der Waals surface area contributed by atoms with Gasteiger partial charge in [-0.3, -0.25) is 9.59 Å². The van der Waals surface area contributed by atoms with Gasteiger partial charge in [0.25, 0.3) is 0 Å². The minimum atomic E-state index is -5.23. The molecule has 130 valence electrons. The number of carbonyl (C=O) groups is 2. The summed E-state index contributed by atoms with van der Waals surface area (Å²) in [6.07, 6.45) is -6.52. The molecule has 1 atom stereocenters. The minimum absolute atomic E-state index is 0.122. The van der Waals surface area contributed by atoms with Crippen molar-refractivity contribution in [1.82, 2.24) is 4.31 Å². The van der Waals surface area contributed by atoms with Crippen molar-refractivity contribution in [3.63, 3.8) is 0 Å². The second kappa shape index (κ2) is 8.32. The third kappa shape index (κ3) is 6.18. The summed E-state index contributed by atoms with van der Waals surface area (Å²) in [6.45, 7) is 1.15. The van der Waals surface area contributed by atoms with E-state index in [1.54, 1.807) is 0 Å². The quantitative estimate of drug-likeness (QED) is 0.623. The number of rotatable bonds is 9. The fourth-order valence-corrected chi connectivity index (χ4v) is 3.41. The molecule has 0 aliphatic carbocycles. The normalized spacial score (nSPS) is 13.9. The Balaban J connectivity index is 5.56. The molecule has 1 N–H and O–H groups in total. The first-order chi connectivity index (χ1) is 9.96. The van der Waals surface area contributed by atoms with Crippen LogP contribution in [0, 0.1) is 0 Å². The number of halogens is 3. The number of sulfonamides is 1. The summed E-state index contributed by atoms with van der Waals surface area (Å²) in [5.41, 5.74) is 0. The number of ether oxygens (including phenoxy) is 1. The standard InChI is InChI=1S/C11H18F3NO6S/c1-3-5-15(7-9(16)17)22(19,20)8(11(12,13)14)6-10(18)21-4-2/h8H,3-7H2,1-2H3,(H,16,17). The molecule has 0 bridgehead atoms. The SMILES string of the molecule is CCCN(CC(=O)O)S(=O)(=O)C(CC(=O)OCC)C(F)(F)F.